The number of hydrogen-bond acceptors (Lipinski definition) is 5. The molecule has 1 rings (SSSR count). The standard InChI is InChI=1S/C6H11N5O2/c7-4(6(12)13)5(11-8)3-1-9-2-10-3/h1-2,4-5,11H,7-8H2,(H,9,10)(H,12,13). The molecule has 0 saturated carbocycles. The molecule has 1 heterocycles. The summed E-state index contributed by atoms with van der Waals surface area (Å²) in [6, 6.07) is -1.81. The number of rotatable bonds is 4. The molecular weight excluding hydrogens is 174 g/mol. The molecule has 2 unspecified atom stereocenters. The van der Waals surface area contributed by atoms with Crippen LogP contribution >= 0.6 is 0 Å². The Bertz CT molecular complexity index is 273. The highest BCUT2D eigenvalue weighted by atomic mass is 16.4. The molecule has 7 nitrogen and oxygen atoms in total. The molecular formula is C6H11N5O2. The van der Waals surface area contributed by atoms with Gasteiger partial charge in [-0.2, -0.15) is 0 Å². The van der Waals surface area contributed by atoms with Gasteiger partial charge in [0, 0.05) is 6.20 Å². The van der Waals surface area contributed by atoms with Crippen molar-refractivity contribution in [1.29, 1.82) is 0 Å². The third-order valence-corrected chi connectivity index (χ3v) is 1.66. The molecule has 2 atom stereocenters. The zero-order valence-corrected chi connectivity index (χ0v) is 6.77. The summed E-state index contributed by atoms with van der Waals surface area (Å²) in [7, 11) is 0. The average Bonchev–Trinajstić information content (AvgIpc) is 2.58. The van der Waals surface area contributed by atoms with E-state index in [9.17, 15) is 4.79 Å². The summed E-state index contributed by atoms with van der Waals surface area (Å²) in [4.78, 5) is 17.1. The Labute approximate surface area is 74.1 Å². The molecule has 0 amide bonds. The van der Waals surface area contributed by atoms with Crippen LogP contribution in [0, 0.1) is 0 Å². The Morgan fingerprint density at radius 1 is 1.77 bits per heavy atom. The predicted octanol–water partition coefficient (Wildman–Crippen LogP) is -1.67. The number of carboxylic acids is 1. The molecule has 0 bridgehead atoms. The molecule has 1 aromatic heterocycles. The first-order chi connectivity index (χ1) is 6.16. The van der Waals surface area contributed by atoms with Crippen molar-refractivity contribution in [2.75, 3.05) is 0 Å². The lowest BCUT2D eigenvalue weighted by Gasteiger charge is -2.17. The van der Waals surface area contributed by atoms with E-state index < -0.39 is 18.1 Å². The number of aliphatic carboxylic acids is 1. The molecule has 13 heavy (non-hydrogen) atoms. The van der Waals surface area contributed by atoms with Crippen LogP contribution in [0.15, 0.2) is 12.5 Å². The maximum atomic E-state index is 10.5. The molecule has 1 aromatic rings. The van der Waals surface area contributed by atoms with Crippen LogP contribution in [0.2, 0.25) is 0 Å². The van der Waals surface area contributed by atoms with E-state index in [1.807, 2.05) is 0 Å². The second-order valence-electron chi connectivity index (χ2n) is 2.50. The van der Waals surface area contributed by atoms with Gasteiger partial charge in [-0.05, 0) is 0 Å². The maximum Gasteiger partial charge on any atom is 0.322 e. The minimum Gasteiger partial charge on any atom is -0.480 e. The summed E-state index contributed by atoms with van der Waals surface area (Å²) in [6.07, 6.45) is 2.96. The fraction of sp³-hybridized carbons (Fsp3) is 0.333. The van der Waals surface area contributed by atoms with Crippen molar-refractivity contribution in [3.05, 3.63) is 18.2 Å². The number of nitrogens with two attached hydrogens (primary N) is 2. The number of nitrogens with zero attached hydrogens (tertiary/aromatic N) is 1. The highest BCUT2D eigenvalue weighted by Gasteiger charge is 2.25. The van der Waals surface area contributed by atoms with Crippen molar-refractivity contribution < 1.29 is 9.90 Å². The molecule has 7 N–H and O–H groups in total. The first kappa shape index (κ1) is 9.65. The number of H-pyrrole nitrogens is 1. The van der Waals surface area contributed by atoms with E-state index in [1.54, 1.807) is 0 Å². The fourth-order valence-corrected chi connectivity index (χ4v) is 0.957. The molecule has 0 spiro atoms. The zero-order valence-electron chi connectivity index (χ0n) is 6.77. The number of hydrogen-bond donors (Lipinski definition) is 5. The van der Waals surface area contributed by atoms with Gasteiger partial charge in [-0.25, -0.2) is 10.4 Å². The summed E-state index contributed by atoms with van der Waals surface area (Å²) < 4.78 is 0. The van der Waals surface area contributed by atoms with Crippen LogP contribution in [0.5, 0.6) is 0 Å². The fourth-order valence-electron chi connectivity index (χ4n) is 0.957. The summed E-state index contributed by atoms with van der Waals surface area (Å²) >= 11 is 0. The number of carboxylic acid groups (broad SMARTS) is 1. The van der Waals surface area contributed by atoms with Gasteiger partial charge >= 0.3 is 5.97 Å². The van der Waals surface area contributed by atoms with Crippen LogP contribution in [0.3, 0.4) is 0 Å². The number of nitrogens with one attached hydrogen (secondary N) is 2. The lowest BCUT2D eigenvalue weighted by atomic mass is 10.1. The molecule has 0 saturated heterocycles. The lowest BCUT2D eigenvalue weighted by molar-refractivity contribution is -0.139. The quantitative estimate of drug-likeness (QED) is 0.281. The van der Waals surface area contributed by atoms with Gasteiger partial charge in [0.2, 0.25) is 0 Å². The highest BCUT2D eigenvalue weighted by molar-refractivity contribution is 5.74. The average molecular weight is 185 g/mol. The van der Waals surface area contributed by atoms with Crippen LogP contribution < -0.4 is 17.0 Å². The first-order valence-electron chi connectivity index (χ1n) is 3.60. The molecule has 0 aliphatic carbocycles. The SMILES string of the molecule is NNC(c1c[nH]cn1)C(N)C(=O)O. The van der Waals surface area contributed by atoms with Gasteiger partial charge in [-0.3, -0.25) is 10.6 Å². The van der Waals surface area contributed by atoms with Crippen molar-refractivity contribution >= 4 is 5.97 Å². The van der Waals surface area contributed by atoms with Gasteiger partial charge in [-0.15, -0.1) is 0 Å². The molecule has 0 aliphatic heterocycles. The molecule has 72 valence electrons. The normalized spacial score (nSPS) is 15.2. The molecule has 0 radical (unpaired) electrons. The summed E-state index contributed by atoms with van der Waals surface area (Å²) in [5.74, 6) is 4.02. The Morgan fingerprint density at radius 3 is 2.85 bits per heavy atom. The van der Waals surface area contributed by atoms with Crippen molar-refractivity contribution in [3.63, 3.8) is 0 Å². The number of hydrazine groups is 1. The third-order valence-electron chi connectivity index (χ3n) is 1.66. The van der Waals surface area contributed by atoms with E-state index in [2.05, 4.69) is 15.4 Å². The Morgan fingerprint density at radius 2 is 2.46 bits per heavy atom. The summed E-state index contributed by atoms with van der Waals surface area (Å²) in [5, 5.41) is 8.62. The largest absolute Gasteiger partial charge is 0.480 e. The summed E-state index contributed by atoms with van der Waals surface area (Å²) in [6.45, 7) is 0. The second-order valence-corrected chi connectivity index (χ2v) is 2.50. The van der Waals surface area contributed by atoms with E-state index in [-0.39, 0.29) is 0 Å². The van der Waals surface area contributed by atoms with Crippen LogP contribution in [0.25, 0.3) is 0 Å². The minimum atomic E-state index is -1.13. The predicted molar refractivity (Wildman–Crippen MR) is 44.3 cm³/mol. The molecule has 0 aromatic carbocycles. The van der Waals surface area contributed by atoms with Crippen LogP contribution in [0.1, 0.15) is 11.7 Å². The zero-order chi connectivity index (χ0) is 9.84. The van der Waals surface area contributed by atoms with Crippen LogP contribution in [-0.2, 0) is 4.79 Å². The van der Waals surface area contributed by atoms with Gasteiger partial charge < -0.3 is 15.8 Å². The van der Waals surface area contributed by atoms with E-state index in [0.717, 1.165) is 0 Å². The molecule has 7 heteroatoms. The number of imidazole rings is 1. The van der Waals surface area contributed by atoms with Crippen LogP contribution in [-0.4, -0.2) is 27.1 Å². The maximum absolute atomic E-state index is 10.5. The molecule has 0 fully saturated rings. The van der Waals surface area contributed by atoms with E-state index in [1.165, 1.54) is 12.5 Å². The first-order valence-corrected chi connectivity index (χ1v) is 3.60. The monoisotopic (exact) mass is 185 g/mol. The number of aromatic amines is 1. The van der Waals surface area contributed by atoms with Crippen molar-refractivity contribution in [2.45, 2.75) is 12.1 Å². The molecule has 0 aliphatic rings. The van der Waals surface area contributed by atoms with Crippen LogP contribution in [0.4, 0.5) is 0 Å². The second kappa shape index (κ2) is 3.99. The number of carbonyl (C=O) groups is 1. The third kappa shape index (κ3) is 2.02. The number of aromatic nitrogens is 2. The van der Waals surface area contributed by atoms with Gasteiger partial charge in [0.05, 0.1) is 18.1 Å². The van der Waals surface area contributed by atoms with E-state index in [4.69, 9.17) is 16.7 Å². The van der Waals surface area contributed by atoms with E-state index >= 15 is 0 Å². The lowest BCUT2D eigenvalue weighted by Crippen LogP contribution is -2.46. The van der Waals surface area contributed by atoms with Gasteiger partial charge in [-0.1, -0.05) is 0 Å². The summed E-state index contributed by atoms with van der Waals surface area (Å²) in [5.41, 5.74) is 8.13. The Hall–Kier alpha value is -1.44. The Kier molecular flexibility index (Phi) is 2.96. The highest BCUT2D eigenvalue weighted by Crippen LogP contribution is 2.10. The Balaban J connectivity index is 2.79. The van der Waals surface area contributed by atoms with Crippen molar-refractivity contribution in [2.24, 2.45) is 11.6 Å². The minimum absolute atomic E-state index is 0.470. The van der Waals surface area contributed by atoms with Gasteiger partial charge in [0.1, 0.15) is 6.04 Å². The van der Waals surface area contributed by atoms with Gasteiger partial charge in [0.25, 0.3) is 0 Å². The van der Waals surface area contributed by atoms with Crippen molar-refractivity contribution in [3.8, 4) is 0 Å². The topological polar surface area (TPSA) is 130 Å². The smallest absolute Gasteiger partial charge is 0.322 e. The van der Waals surface area contributed by atoms with E-state index in [0.29, 0.717) is 5.69 Å². The van der Waals surface area contributed by atoms with Gasteiger partial charge in [0.15, 0.2) is 0 Å². The van der Waals surface area contributed by atoms with Crippen molar-refractivity contribution in [1.82, 2.24) is 15.4 Å².